The van der Waals surface area contributed by atoms with E-state index in [1.54, 1.807) is 12.3 Å². The second kappa shape index (κ2) is 6.13. The summed E-state index contributed by atoms with van der Waals surface area (Å²) in [5.41, 5.74) is 1.10. The van der Waals surface area contributed by atoms with Gasteiger partial charge in [-0.3, -0.25) is 0 Å². The van der Waals surface area contributed by atoms with Gasteiger partial charge >= 0.3 is 0 Å². The van der Waals surface area contributed by atoms with Gasteiger partial charge in [0.1, 0.15) is 5.75 Å². The molecule has 1 fully saturated rings. The van der Waals surface area contributed by atoms with Crippen LogP contribution >= 0.6 is 11.8 Å². The van der Waals surface area contributed by atoms with E-state index in [4.69, 9.17) is 4.74 Å². The molecule has 2 aromatic rings. The van der Waals surface area contributed by atoms with Gasteiger partial charge in [-0.1, -0.05) is 18.2 Å². The first-order chi connectivity index (χ1) is 9.83. The minimum atomic E-state index is 0.600. The van der Waals surface area contributed by atoms with Gasteiger partial charge in [0.05, 0.1) is 0 Å². The predicted molar refractivity (Wildman–Crippen MR) is 82.8 cm³/mol. The number of aromatic nitrogens is 2. The molecule has 1 saturated heterocycles. The molecule has 5 heteroatoms. The van der Waals surface area contributed by atoms with Crippen molar-refractivity contribution in [1.29, 1.82) is 0 Å². The van der Waals surface area contributed by atoms with E-state index in [1.165, 1.54) is 0 Å². The van der Waals surface area contributed by atoms with Gasteiger partial charge in [-0.15, -0.1) is 0 Å². The fraction of sp³-hybridized carbons (Fsp3) is 0.333. The Labute approximate surface area is 123 Å². The van der Waals surface area contributed by atoms with Crippen LogP contribution in [-0.2, 0) is 0 Å². The molecule has 0 bridgehead atoms. The van der Waals surface area contributed by atoms with Crippen LogP contribution in [0.2, 0.25) is 0 Å². The Bertz CT molecular complexity index is 585. The Morgan fingerprint density at radius 1 is 1.15 bits per heavy atom. The van der Waals surface area contributed by atoms with Crippen molar-refractivity contribution in [2.45, 2.75) is 6.92 Å². The largest absolute Gasteiger partial charge is 0.439 e. The zero-order chi connectivity index (χ0) is 13.8. The van der Waals surface area contributed by atoms with Gasteiger partial charge in [0.25, 0.3) is 0 Å². The van der Waals surface area contributed by atoms with Crippen molar-refractivity contribution in [1.82, 2.24) is 9.97 Å². The van der Waals surface area contributed by atoms with Crippen molar-refractivity contribution in [2.75, 3.05) is 29.5 Å². The summed E-state index contributed by atoms with van der Waals surface area (Å²) in [5, 5.41) is 0. The molecule has 0 radical (unpaired) electrons. The first-order valence-corrected chi connectivity index (χ1v) is 7.87. The van der Waals surface area contributed by atoms with Crippen LogP contribution in [0.5, 0.6) is 11.6 Å². The Kier molecular flexibility index (Phi) is 4.06. The minimum Gasteiger partial charge on any atom is -0.439 e. The smallest absolute Gasteiger partial charge is 0.228 e. The number of hydrogen-bond acceptors (Lipinski definition) is 5. The van der Waals surface area contributed by atoms with Crippen molar-refractivity contribution in [3.8, 4) is 11.6 Å². The molecule has 0 atom stereocenters. The molecule has 0 unspecified atom stereocenters. The molecule has 0 aliphatic carbocycles. The van der Waals surface area contributed by atoms with Crippen LogP contribution in [0.25, 0.3) is 0 Å². The van der Waals surface area contributed by atoms with Gasteiger partial charge in [-0.05, 0) is 18.6 Å². The van der Waals surface area contributed by atoms with E-state index in [1.807, 2.05) is 43.0 Å². The first kappa shape index (κ1) is 13.2. The number of aryl methyl sites for hydroxylation is 1. The fourth-order valence-corrected chi connectivity index (χ4v) is 2.99. The second-order valence-electron chi connectivity index (χ2n) is 4.66. The van der Waals surface area contributed by atoms with Gasteiger partial charge in [-0.25, -0.2) is 4.98 Å². The lowest BCUT2D eigenvalue weighted by Crippen LogP contribution is -2.33. The highest BCUT2D eigenvalue weighted by atomic mass is 32.2. The molecule has 0 spiro atoms. The lowest BCUT2D eigenvalue weighted by atomic mass is 10.2. The fourth-order valence-electron chi connectivity index (χ4n) is 2.09. The molecule has 2 heterocycles. The van der Waals surface area contributed by atoms with E-state index in [-0.39, 0.29) is 0 Å². The highest BCUT2D eigenvalue weighted by Gasteiger charge is 2.14. The normalized spacial score (nSPS) is 15.2. The van der Waals surface area contributed by atoms with Crippen LogP contribution in [-0.4, -0.2) is 34.6 Å². The van der Waals surface area contributed by atoms with E-state index >= 15 is 0 Å². The Morgan fingerprint density at radius 2 is 1.95 bits per heavy atom. The quantitative estimate of drug-likeness (QED) is 0.867. The standard InChI is InChI=1S/C15H17N3OS/c1-12-4-2-3-5-13(12)19-14-6-7-16-15(17-14)18-8-10-20-11-9-18/h2-7H,8-11H2,1H3. The zero-order valence-corrected chi connectivity index (χ0v) is 12.3. The number of thioether (sulfide) groups is 1. The monoisotopic (exact) mass is 287 g/mol. The number of ether oxygens (including phenoxy) is 1. The molecule has 1 aliphatic rings. The molecule has 0 saturated carbocycles. The Hall–Kier alpha value is -1.75. The topological polar surface area (TPSA) is 38.2 Å². The molecule has 1 aromatic heterocycles. The molecule has 20 heavy (non-hydrogen) atoms. The SMILES string of the molecule is Cc1ccccc1Oc1ccnc(N2CCSCC2)n1. The van der Waals surface area contributed by atoms with E-state index in [9.17, 15) is 0 Å². The predicted octanol–water partition coefficient (Wildman–Crippen LogP) is 3.13. The van der Waals surface area contributed by atoms with Crippen molar-refractivity contribution in [2.24, 2.45) is 0 Å². The molecule has 0 N–H and O–H groups in total. The molecule has 104 valence electrons. The van der Waals surface area contributed by atoms with Crippen LogP contribution < -0.4 is 9.64 Å². The molecular formula is C15H17N3OS. The van der Waals surface area contributed by atoms with Gasteiger partial charge in [0.2, 0.25) is 11.8 Å². The number of benzene rings is 1. The third-order valence-electron chi connectivity index (χ3n) is 3.22. The maximum atomic E-state index is 5.86. The summed E-state index contributed by atoms with van der Waals surface area (Å²) in [5.74, 6) is 4.46. The van der Waals surface area contributed by atoms with E-state index < -0.39 is 0 Å². The van der Waals surface area contributed by atoms with Gasteiger partial charge in [0, 0.05) is 36.9 Å². The highest BCUT2D eigenvalue weighted by Crippen LogP contribution is 2.24. The first-order valence-electron chi connectivity index (χ1n) is 6.72. The van der Waals surface area contributed by atoms with E-state index in [2.05, 4.69) is 14.9 Å². The second-order valence-corrected chi connectivity index (χ2v) is 5.89. The Morgan fingerprint density at radius 3 is 2.75 bits per heavy atom. The number of rotatable bonds is 3. The molecule has 0 amide bonds. The van der Waals surface area contributed by atoms with Crippen LogP contribution in [0.3, 0.4) is 0 Å². The molecule has 1 aromatic carbocycles. The van der Waals surface area contributed by atoms with Crippen LogP contribution in [0.1, 0.15) is 5.56 Å². The van der Waals surface area contributed by atoms with Crippen LogP contribution in [0, 0.1) is 6.92 Å². The summed E-state index contributed by atoms with van der Waals surface area (Å²) in [6.07, 6.45) is 1.76. The summed E-state index contributed by atoms with van der Waals surface area (Å²) >= 11 is 1.97. The average Bonchev–Trinajstić information content (AvgIpc) is 2.51. The van der Waals surface area contributed by atoms with Crippen molar-refractivity contribution in [3.63, 3.8) is 0 Å². The minimum absolute atomic E-state index is 0.600. The van der Waals surface area contributed by atoms with Crippen molar-refractivity contribution in [3.05, 3.63) is 42.1 Å². The summed E-state index contributed by atoms with van der Waals surface area (Å²) in [6, 6.07) is 9.74. The number of anilines is 1. The Balaban J connectivity index is 1.79. The molecule has 4 nitrogen and oxygen atoms in total. The zero-order valence-electron chi connectivity index (χ0n) is 11.5. The van der Waals surface area contributed by atoms with Crippen molar-refractivity contribution >= 4 is 17.7 Å². The van der Waals surface area contributed by atoms with Gasteiger partial charge < -0.3 is 9.64 Å². The summed E-state index contributed by atoms with van der Waals surface area (Å²) in [4.78, 5) is 11.1. The lowest BCUT2D eigenvalue weighted by Gasteiger charge is -2.26. The third kappa shape index (κ3) is 3.04. The van der Waals surface area contributed by atoms with Gasteiger partial charge in [-0.2, -0.15) is 16.7 Å². The molecule has 3 rings (SSSR count). The van der Waals surface area contributed by atoms with Crippen LogP contribution in [0.4, 0.5) is 5.95 Å². The van der Waals surface area contributed by atoms with E-state index in [0.717, 1.165) is 41.9 Å². The maximum absolute atomic E-state index is 5.86. The molecular weight excluding hydrogens is 270 g/mol. The number of para-hydroxylation sites is 1. The molecule has 1 aliphatic heterocycles. The van der Waals surface area contributed by atoms with Gasteiger partial charge in [0.15, 0.2) is 0 Å². The third-order valence-corrected chi connectivity index (χ3v) is 4.16. The summed E-state index contributed by atoms with van der Waals surface area (Å²) in [6.45, 7) is 4.02. The maximum Gasteiger partial charge on any atom is 0.228 e. The highest BCUT2D eigenvalue weighted by molar-refractivity contribution is 7.99. The van der Waals surface area contributed by atoms with Crippen LogP contribution in [0.15, 0.2) is 36.5 Å². The van der Waals surface area contributed by atoms with E-state index in [0.29, 0.717) is 5.88 Å². The number of hydrogen-bond donors (Lipinski definition) is 0. The average molecular weight is 287 g/mol. The summed E-state index contributed by atoms with van der Waals surface area (Å²) in [7, 11) is 0. The number of nitrogens with zero attached hydrogens (tertiary/aromatic N) is 3. The lowest BCUT2D eigenvalue weighted by molar-refractivity contribution is 0.457. The summed E-state index contributed by atoms with van der Waals surface area (Å²) < 4.78 is 5.86. The van der Waals surface area contributed by atoms with Crippen molar-refractivity contribution < 1.29 is 4.74 Å².